The van der Waals surface area contributed by atoms with E-state index in [1.165, 1.54) is 15.4 Å². The first kappa shape index (κ1) is 21.7. The van der Waals surface area contributed by atoms with E-state index in [2.05, 4.69) is 16.9 Å². The molecule has 8 nitrogen and oxygen atoms in total. The maximum Gasteiger partial charge on any atom is 0.303 e. The van der Waals surface area contributed by atoms with E-state index in [4.69, 9.17) is 17.3 Å². The average molecular weight is 445 g/mol. The lowest BCUT2D eigenvalue weighted by Gasteiger charge is -2.13. The summed E-state index contributed by atoms with van der Waals surface area (Å²) < 4.78 is 1.77. The molecule has 2 aromatic rings. The summed E-state index contributed by atoms with van der Waals surface area (Å²) >= 11 is 6.35. The second kappa shape index (κ2) is 9.23. The SMILES string of the molecule is C=CCNc1nc2c(C)cccn2c(=O)c1/C=C1\SC(=S)N(CCCC(=O)O)C1=O. The van der Waals surface area contributed by atoms with Gasteiger partial charge >= 0.3 is 5.97 Å². The molecule has 30 heavy (non-hydrogen) atoms. The van der Waals surface area contributed by atoms with Gasteiger partial charge in [0.05, 0.1) is 10.5 Å². The number of thiocarbonyl (C=S) groups is 1. The number of carboxylic acids is 1. The number of hydrogen-bond acceptors (Lipinski definition) is 7. The normalized spacial score (nSPS) is 15.2. The van der Waals surface area contributed by atoms with Crippen LogP contribution in [-0.2, 0) is 9.59 Å². The topological polar surface area (TPSA) is 104 Å². The molecule has 1 amide bonds. The van der Waals surface area contributed by atoms with E-state index in [0.29, 0.717) is 33.7 Å². The fourth-order valence-corrected chi connectivity index (χ4v) is 4.25. The molecule has 1 fully saturated rings. The van der Waals surface area contributed by atoms with Crippen LogP contribution < -0.4 is 10.9 Å². The van der Waals surface area contributed by atoms with Gasteiger partial charge in [-0.3, -0.25) is 23.7 Å². The van der Waals surface area contributed by atoms with Crippen molar-refractivity contribution in [3.8, 4) is 0 Å². The third-order valence-corrected chi connectivity index (χ3v) is 5.80. The molecule has 0 unspecified atom stereocenters. The largest absolute Gasteiger partial charge is 0.481 e. The molecule has 3 rings (SSSR count). The predicted molar refractivity (Wildman–Crippen MR) is 122 cm³/mol. The van der Waals surface area contributed by atoms with Crippen molar-refractivity contribution in [2.24, 2.45) is 0 Å². The van der Waals surface area contributed by atoms with Crippen LogP contribution in [0.2, 0.25) is 0 Å². The molecule has 1 aliphatic heterocycles. The molecule has 2 N–H and O–H groups in total. The number of fused-ring (bicyclic) bond motifs is 1. The number of hydrogen-bond donors (Lipinski definition) is 2. The number of pyridine rings is 1. The minimum absolute atomic E-state index is 0.0545. The zero-order valence-corrected chi connectivity index (χ0v) is 17.9. The van der Waals surface area contributed by atoms with Gasteiger partial charge in [0.2, 0.25) is 0 Å². The Bertz CT molecular complexity index is 1140. The Labute approximate surface area is 182 Å². The molecule has 0 radical (unpaired) electrons. The Balaban J connectivity index is 2.02. The highest BCUT2D eigenvalue weighted by Gasteiger charge is 2.32. The number of carbonyl (C=O) groups is 2. The van der Waals surface area contributed by atoms with Crippen molar-refractivity contribution in [3.05, 3.63) is 57.4 Å². The van der Waals surface area contributed by atoms with E-state index in [1.807, 2.05) is 13.0 Å². The van der Waals surface area contributed by atoms with Gasteiger partial charge in [-0.15, -0.1) is 6.58 Å². The van der Waals surface area contributed by atoms with Crippen molar-refractivity contribution in [1.29, 1.82) is 0 Å². The van der Waals surface area contributed by atoms with Gasteiger partial charge in [-0.1, -0.05) is 36.1 Å². The molecule has 3 heterocycles. The van der Waals surface area contributed by atoms with Crippen LogP contribution in [0.3, 0.4) is 0 Å². The number of aliphatic carboxylic acids is 1. The molecular formula is C20H20N4O4S2. The van der Waals surface area contributed by atoms with Gasteiger partial charge in [-0.05, 0) is 31.1 Å². The minimum Gasteiger partial charge on any atom is -0.481 e. The molecule has 0 aliphatic carbocycles. The first-order valence-electron chi connectivity index (χ1n) is 9.17. The minimum atomic E-state index is -0.931. The molecule has 0 saturated carbocycles. The van der Waals surface area contributed by atoms with Gasteiger partial charge < -0.3 is 10.4 Å². The molecule has 10 heteroatoms. The highest BCUT2D eigenvalue weighted by Crippen LogP contribution is 2.33. The Morgan fingerprint density at radius 1 is 1.43 bits per heavy atom. The number of aromatic nitrogens is 2. The van der Waals surface area contributed by atoms with Crippen LogP contribution in [0.25, 0.3) is 11.7 Å². The zero-order valence-electron chi connectivity index (χ0n) is 16.3. The van der Waals surface area contributed by atoms with Crippen LogP contribution in [0.1, 0.15) is 24.0 Å². The summed E-state index contributed by atoms with van der Waals surface area (Å²) in [6, 6.07) is 3.62. The molecule has 0 aromatic carbocycles. The van der Waals surface area contributed by atoms with Crippen molar-refractivity contribution >= 4 is 57.7 Å². The summed E-state index contributed by atoms with van der Waals surface area (Å²) in [7, 11) is 0. The number of rotatable bonds is 8. The quantitative estimate of drug-likeness (QED) is 0.364. The van der Waals surface area contributed by atoms with Crippen LogP contribution in [0.4, 0.5) is 5.82 Å². The Morgan fingerprint density at radius 3 is 2.90 bits per heavy atom. The lowest BCUT2D eigenvalue weighted by atomic mass is 10.2. The van der Waals surface area contributed by atoms with Crippen molar-refractivity contribution in [2.75, 3.05) is 18.4 Å². The fraction of sp³-hybridized carbons (Fsp3) is 0.250. The summed E-state index contributed by atoms with van der Waals surface area (Å²) in [5.41, 5.74) is 1.29. The van der Waals surface area contributed by atoms with Crippen molar-refractivity contribution in [1.82, 2.24) is 14.3 Å². The van der Waals surface area contributed by atoms with Crippen LogP contribution in [-0.4, -0.2) is 48.7 Å². The van der Waals surface area contributed by atoms with Gasteiger partial charge in [-0.25, -0.2) is 4.98 Å². The van der Waals surface area contributed by atoms with Gasteiger partial charge in [0.15, 0.2) is 0 Å². The number of amides is 1. The third-order valence-electron chi connectivity index (χ3n) is 4.42. The average Bonchev–Trinajstić information content (AvgIpc) is 2.96. The summed E-state index contributed by atoms with van der Waals surface area (Å²) in [4.78, 5) is 42.9. The predicted octanol–water partition coefficient (Wildman–Crippen LogP) is 2.67. The maximum atomic E-state index is 13.1. The van der Waals surface area contributed by atoms with Crippen molar-refractivity contribution in [2.45, 2.75) is 19.8 Å². The summed E-state index contributed by atoms with van der Waals surface area (Å²) in [5, 5.41) is 11.9. The Hall–Kier alpha value is -2.98. The van der Waals surface area contributed by atoms with E-state index in [0.717, 1.165) is 17.3 Å². The molecule has 156 valence electrons. The van der Waals surface area contributed by atoms with Crippen LogP contribution in [0.15, 0.2) is 40.7 Å². The number of thioether (sulfide) groups is 1. The summed E-state index contributed by atoms with van der Waals surface area (Å²) in [6.07, 6.45) is 5.00. The first-order chi connectivity index (χ1) is 14.3. The second-order valence-corrected chi connectivity index (χ2v) is 8.24. The number of nitrogens with one attached hydrogen (secondary N) is 1. The highest BCUT2D eigenvalue weighted by molar-refractivity contribution is 8.26. The van der Waals surface area contributed by atoms with E-state index < -0.39 is 5.97 Å². The Kier molecular flexibility index (Phi) is 6.68. The first-order valence-corrected chi connectivity index (χ1v) is 10.4. The van der Waals surface area contributed by atoms with Crippen LogP contribution >= 0.6 is 24.0 Å². The Morgan fingerprint density at radius 2 is 2.20 bits per heavy atom. The molecule has 0 spiro atoms. The molecular weight excluding hydrogens is 424 g/mol. The van der Waals surface area contributed by atoms with Gasteiger partial charge in [0.1, 0.15) is 15.8 Å². The van der Waals surface area contributed by atoms with Gasteiger partial charge in [-0.2, -0.15) is 0 Å². The van der Waals surface area contributed by atoms with E-state index in [1.54, 1.807) is 18.3 Å². The van der Waals surface area contributed by atoms with E-state index in [-0.39, 0.29) is 30.0 Å². The monoisotopic (exact) mass is 444 g/mol. The van der Waals surface area contributed by atoms with Crippen LogP contribution in [0.5, 0.6) is 0 Å². The number of aryl methyl sites for hydroxylation is 1. The summed E-state index contributed by atoms with van der Waals surface area (Å²) in [5.74, 6) is -0.927. The lowest BCUT2D eigenvalue weighted by molar-refractivity contribution is -0.137. The maximum absolute atomic E-state index is 13.1. The number of carbonyl (C=O) groups excluding carboxylic acids is 1. The van der Waals surface area contributed by atoms with Gasteiger partial charge in [0, 0.05) is 25.7 Å². The lowest BCUT2D eigenvalue weighted by Crippen LogP contribution is -2.29. The zero-order chi connectivity index (χ0) is 21.8. The van der Waals surface area contributed by atoms with Crippen molar-refractivity contribution < 1.29 is 14.7 Å². The van der Waals surface area contributed by atoms with Crippen molar-refractivity contribution in [3.63, 3.8) is 0 Å². The number of anilines is 1. The molecule has 2 aromatic heterocycles. The standard InChI is InChI=1S/C20H20N4O4S2/c1-3-8-21-16-13(18(27)23-9-4-6-12(2)17(23)22-16)11-14-19(28)24(20(29)30-14)10-5-7-15(25)26/h3-4,6,9,11,21H,1,5,7-8,10H2,2H3,(H,25,26)/b14-11-. The smallest absolute Gasteiger partial charge is 0.303 e. The summed E-state index contributed by atoms with van der Waals surface area (Å²) in [6.45, 7) is 6.14. The van der Waals surface area contributed by atoms with Crippen LogP contribution in [0, 0.1) is 6.92 Å². The molecule has 0 bridgehead atoms. The molecule has 1 saturated heterocycles. The second-order valence-electron chi connectivity index (χ2n) is 6.56. The fourth-order valence-electron chi connectivity index (χ4n) is 2.96. The molecule has 1 aliphatic rings. The third kappa shape index (κ3) is 4.44. The van der Waals surface area contributed by atoms with E-state index >= 15 is 0 Å². The highest BCUT2D eigenvalue weighted by atomic mass is 32.2. The number of nitrogens with zero attached hydrogens (tertiary/aromatic N) is 3. The van der Waals surface area contributed by atoms with E-state index in [9.17, 15) is 14.4 Å². The molecule has 0 atom stereocenters. The van der Waals surface area contributed by atoms with Gasteiger partial charge in [0.25, 0.3) is 11.5 Å². The number of carboxylic acid groups (broad SMARTS) is 1.